The Labute approximate surface area is 849 Å². The molecular formula is C117H150F5N7O16. The number of methoxy groups -OCH3 is 2. The second kappa shape index (κ2) is 39.6. The van der Waals surface area contributed by atoms with E-state index in [2.05, 4.69) is 4.90 Å². The molecule has 7 heterocycles. The molecule has 7 aliphatic heterocycles. The van der Waals surface area contributed by atoms with E-state index in [0.29, 0.717) is 172 Å². The Bertz CT molecular complexity index is 5520. The Kier molecular flexibility index (Phi) is 27.9. The number of aliphatic hydroxyl groups excluding tert-OH is 5. The van der Waals surface area contributed by atoms with Gasteiger partial charge in [0.05, 0.1) is 59.2 Å². The summed E-state index contributed by atoms with van der Waals surface area (Å²) in [6.07, 6.45) is 26.0. The van der Waals surface area contributed by atoms with Gasteiger partial charge in [0.25, 0.3) is 0 Å². The van der Waals surface area contributed by atoms with E-state index in [1.54, 1.807) is 40.7 Å². The first-order valence-electron chi connectivity index (χ1n) is 54.8. The van der Waals surface area contributed by atoms with Crippen molar-refractivity contribution in [1.29, 1.82) is 0 Å². The van der Waals surface area contributed by atoms with E-state index < -0.39 is 30.0 Å². The number of hydrogen-bond donors (Lipinski definition) is 6. The molecule has 0 aromatic heterocycles. The van der Waals surface area contributed by atoms with E-state index in [1.165, 1.54) is 67.1 Å². The fraction of sp³-hybridized carbons (Fsp3) is 0.675. The maximum atomic E-state index is 13.9. The van der Waals surface area contributed by atoms with Gasteiger partial charge in [-0.3, -0.25) is 38.4 Å². The zero-order chi connectivity index (χ0) is 102. The zero-order valence-corrected chi connectivity index (χ0v) is 84.9. The Hall–Kier alpha value is -8.61. The molecule has 0 radical (unpaired) electrons. The fourth-order valence-corrected chi connectivity index (χ4v) is 35.0. The van der Waals surface area contributed by atoms with E-state index in [9.17, 15) is 90.9 Å². The van der Waals surface area contributed by atoms with Gasteiger partial charge in [0.1, 0.15) is 34.9 Å². The zero-order valence-electron chi connectivity index (χ0n) is 84.9. The first kappa shape index (κ1) is 102. The highest BCUT2D eigenvalue weighted by Crippen LogP contribution is 2.73. The number of benzene rings is 5. The Morgan fingerprint density at radius 2 is 0.538 bits per heavy atom. The molecule has 10 atom stereocenters. The number of β-amino-alcohol motifs (C(OH)–C–C–N with tert-alkyl or cyclic N) is 4. The molecule has 7 saturated heterocycles. The van der Waals surface area contributed by atoms with Crippen LogP contribution >= 0.6 is 0 Å². The van der Waals surface area contributed by atoms with Crippen LogP contribution < -0.4 is 0 Å². The number of ketones is 1. The minimum atomic E-state index is -0.699. The van der Waals surface area contributed by atoms with Crippen LogP contribution in [-0.4, -0.2) is 266 Å². The number of nitrogens with zero attached hydrogens (tertiary/aromatic N) is 7. The highest BCUT2D eigenvalue weighted by molar-refractivity contribution is 5.87. The molecule has 784 valence electrons. The summed E-state index contributed by atoms with van der Waals surface area (Å²) >= 11 is 0. The number of amides is 7. The molecule has 145 heavy (non-hydrogen) atoms. The minimum Gasteiger partial charge on any atom is -0.393 e. The van der Waals surface area contributed by atoms with Crippen molar-refractivity contribution in [2.24, 2.45) is 93.2 Å². The monoisotopic (exact) mass is 2000 g/mol. The molecule has 16 aliphatic carbocycles. The quantitative estimate of drug-likeness (QED) is 0.0395. The summed E-state index contributed by atoms with van der Waals surface area (Å²) < 4.78 is 79.1. The molecule has 23 fully saturated rings. The number of hydrogen-bond acceptors (Lipinski definition) is 16. The topological polar surface area (TPSA) is 299 Å². The molecule has 28 rings (SSSR count). The number of piperidine rings is 1. The largest absolute Gasteiger partial charge is 0.393 e. The van der Waals surface area contributed by atoms with E-state index in [4.69, 9.17) is 9.47 Å². The third-order valence-corrected chi connectivity index (χ3v) is 41.6. The van der Waals surface area contributed by atoms with Crippen LogP contribution in [-0.2, 0) is 74.9 Å². The van der Waals surface area contributed by atoms with Gasteiger partial charge in [-0.15, -0.1) is 0 Å². The summed E-state index contributed by atoms with van der Waals surface area (Å²) in [5.41, 5.74) is 2.13. The van der Waals surface area contributed by atoms with Gasteiger partial charge >= 0.3 is 0 Å². The first-order chi connectivity index (χ1) is 69.4. The lowest BCUT2D eigenvalue weighted by molar-refractivity contribution is -0.180. The number of Topliss-reactive ketones (excluding diaryl/α,β-unsaturated/α-hetero) is 1. The minimum absolute atomic E-state index is 0.0675. The second-order valence-electron chi connectivity index (χ2n) is 49.8. The maximum absolute atomic E-state index is 13.9. The van der Waals surface area contributed by atoms with Crippen LogP contribution in [0.5, 0.6) is 0 Å². The summed E-state index contributed by atoms with van der Waals surface area (Å²) in [5.74, 6) is 4.32. The normalized spacial score (nSPS) is 37.4. The molecule has 28 heteroatoms. The Morgan fingerprint density at radius 1 is 0.290 bits per heavy atom. The third kappa shape index (κ3) is 18.5. The van der Waals surface area contributed by atoms with Gasteiger partial charge in [0.2, 0.25) is 41.4 Å². The summed E-state index contributed by atoms with van der Waals surface area (Å²) in [5, 5.41) is 59.3. The maximum Gasteiger partial charge on any atom is 0.229 e. The van der Waals surface area contributed by atoms with Gasteiger partial charge in [0, 0.05) is 170 Å². The highest BCUT2D eigenvalue weighted by Gasteiger charge is 2.71. The van der Waals surface area contributed by atoms with E-state index in [1.807, 2.05) is 77.4 Å². The summed E-state index contributed by atoms with van der Waals surface area (Å²) in [7, 11) is 3.39. The van der Waals surface area contributed by atoms with Crippen molar-refractivity contribution in [3.63, 3.8) is 0 Å². The number of halogens is 5. The van der Waals surface area contributed by atoms with Gasteiger partial charge in [-0.05, 0) is 346 Å². The van der Waals surface area contributed by atoms with Crippen LogP contribution in [0.15, 0.2) is 121 Å². The highest BCUT2D eigenvalue weighted by atomic mass is 19.1. The molecule has 23 aliphatic rings. The average molecular weight is 2010 g/mol. The predicted octanol–water partition coefficient (Wildman–Crippen LogP) is 14.0. The summed E-state index contributed by atoms with van der Waals surface area (Å²) in [6.45, 7) is 11.4. The lowest BCUT2D eigenvalue weighted by atomic mass is 9.38. The molecule has 10 unspecified atom stereocenters. The summed E-state index contributed by atoms with van der Waals surface area (Å²) in [6, 6.07) is 33.6. The van der Waals surface area contributed by atoms with Crippen LogP contribution in [0.25, 0.3) is 0 Å². The van der Waals surface area contributed by atoms with E-state index >= 15 is 0 Å². The predicted molar refractivity (Wildman–Crippen MR) is 530 cm³/mol. The molecule has 23 nitrogen and oxygen atoms in total. The van der Waals surface area contributed by atoms with Crippen molar-refractivity contribution in [2.75, 3.05) is 106 Å². The Morgan fingerprint density at radius 3 is 0.814 bits per heavy atom. The van der Waals surface area contributed by atoms with Gasteiger partial charge in [-0.2, -0.15) is 0 Å². The molecule has 16 bridgehead atoms. The molecule has 6 N–H and O–H groups in total. The molecule has 16 saturated carbocycles. The second-order valence-corrected chi connectivity index (χ2v) is 49.8. The van der Waals surface area contributed by atoms with Gasteiger partial charge in [-0.25, -0.2) is 22.0 Å². The molecule has 7 amide bonds. The fourth-order valence-electron chi connectivity index (χ4n) is 35.0. The number of fused-ring (bicyclic) bond motifs is 4. The number of aliphatic hydroxyl groups is 6. The van der Waals surface area contributed by atoms with Gasteiger partial charge < -0.3 is 74.4 Å². The number of ether oxygens (including phenoxy) is 2. The first-order valence-corrected chi connectivity index (χ1v) is 54.8. The molecular weight excluding hydrogens is 1850 g/mol. The van der Waals surface area contributed by atoms with Crippen LogP contribution in [0.1, 0.15) is 247 Å². The number of carbonyl (C=O) groups is 8. The summed E-state index contributed by atoms with van der Waals surface area (Å²) in [4.78, 5) is 119. The van der Waals surface area contributed by atoms with Crippen LogP contribution in [0.3, 0.4) is 0 Å². The van der Waals surface area contributed by atoms with E-state index in [-0.39, 0.29) is 179 Å². The van der Waals surface area contributed by atoms with Crippen LogP contribution in [0.2, 0.25) is 0 Å². The lowest BCUT2D eigenvalue weighted by Gasteiger charge is -2.66. The van der Waals surface area contributed by atoms with Gasteiger partial charge in [-0.1, -0.05) is 67.1 Å². The smallest absolute Gasteiger partial charge is 0.229 e. The van der Waals surface area contributed by atoms with Crippen LogP contribution in [0, 0.1) is 122 Å². The molecule has 0 spiro atoms. The standard InChI is InChI=1S/C27H35FN2O4.C27H35FN2O3.C23H28FNO3.C21H28FNO3.C19H24FNO3/c1-33-22-13-29(14-22)24(31)12-27(18-3-5-21(28)6-4-18)19-7-17-8-20(27)11-26(9-17,10-19)25(32)30-15-23(16-30)34-2;28-22-6-4-19(5-7-22)27(15-24(32)30-16-23(31)17-30)20-10-18-11-21(27)14-26(12-18,13-20)25(33)29-8-2-1-3-9-29;1-14(26)22-8-15-6-17(9-22)23(18(7-15)10-22,16-2-4-19(24)5-3-16)11-21(28)25-12-20(27)13-25;1-20(26)9-15-3-2-4-16(10-20)21(15,14-5-7-17(22)8-6-14)11-19(25)23-12-18(24)13-23;20-15-5-3-12(4-6-15)19(9-18(24)21-10-17(23)11-21)13-1-2-14(19)8-16(22)7-13/h3-6,17,19-20,22-23H,7-16H2,1-2H3;4-7,18,20-21,23,31H,1-3,8-17H2;2-5,15,17-18,20,27H,6-13H2,1H3;5-8,15-16,18,24,26H,2-4,9-13H2,1H3;3-6,13-14,16-17,22-23H,1-2,7-11H2. The third-order valence-electron chi connectivity index (χ3n) is 41.6. The number of carbonyl (C=O) groups excluding carboxylic acids is 8. The van der Waals surface area contributed by atoms with E-state index in [0.717, 1.165) is 182 Å². The number of rotatable bonds is 20. The lowest BCUT2D eigenvalue weighted by Crippen LogP contribution is -2.67. The van der Waals surface area contributed by atoms with Crippen molar-refractivity contribution >= 4 is 47.1 Å². The van der Waals surface area contributed by atoms with Gasteiger partial charge in [0.15, 0.2) is 0 Å². The van der Waals surface area contributed by atoms with Crippen molar-refractivity contribution in [1.82, 2.24) is 34.3 Å². The van der Waals surface area contributed by atoms with Crippen LogP contribution in [0.4, 0.5) is 22.0 Å². The Balaban J connectivity index is 0.000000107. The van der Waals surface area contributed by atoms with Crippen molar-refractivity contribution < 1.29 is 100 Å². The molecule has 5 aromatic rings. The average Bonchev–Trinajstić information content (AvgIpc) is 1.25. The SMILES string of the molecule is CC(=O)C12CC3CC(C1)C(CC(=O)N1CC(O)C1)(c1ccc(F)cc1)C(C3)C2.CC1(O)CC2CCCC(C1)C2(CC(=O)N1CC(O)C1)c1ccc(F)cc1.COC1CN(C(=O)CC2(c3ccc(F)cc3)C3CC4CC2CC(C(=O)N2CC(OC)C2)(C4)C3)C1.O=C(CC1(c2ccc(F)cc2)C2CC3CC1CC(C(=O)N1CCCCC1)(C3)C2)N1CC(O)C1.O=C(CC1(c2ccc(F)cc2)C2CCC1CC(O)C2)N1CC(O)C1. The van der Waals surface area contributed by atoms with Crippen molar-refractivity contribution in [3.8, 4) is 0 Å². The molecule has 5 aromatic carbocycles. The van der Waals surface area contributed by atoms with Crippen molar-refractivity contribution in [3.05, 3.63) is 178 Å². The number of likely N-dealkylation sites (tertiary alicyclic amines) is 7. The van der Waals surface area contributed by atoms with Crippen molar-refractivity contribution in [2.45, 2.75) is 295 Å².